The van der Waals surface area contributed by atoms with Crippen LogP contribution in [0.1, 0.15) is 24.8 Å². The number of benzene rings is 2. The minimum Gasteiger partial charge on any atom is -0.367 e. The van der Waals surface area contributed by atoms with Crippen molar-refractivity contribution in [3.63, 3.8) is 0 Å². The molecule has 0 unspecified atom stereocenters. The summed E-state index contributed by atoms with van der Waals surface area (Å²) >= 11 is 0. The molecule has 3 rings (SSSR count). The standard InChI is InChI=1S/C20H23FN2O/c21-19-11-5-4-7-16(19)12-13-20(24)22-15-18-10-6-14-23(18)17-8-2-1-3-9-17/h1-5,7-9,11,18H,6,10,12-15H2,(H,22,24)/t18-/m0/s1. The zero-order valence-corrected chi connectivity index (χ0v) is 13.7. The smallest absolute Gasteiger partial charge is 0.220 e. The second kappa shape index (κ2) is 7.95. The van der Waals surface area contributed by atoms with Crippen LogP contribution in [0.15, 0.2) is 54.6 Å². The molecule has 1 aliphatic heterocycles. The first-order valence-electron chi connectivity index (χ1n) is 8.56. The number of para-hydroxylation sites is 1. The average Bonchev–Trinajstić information content (AvgIpc) is 3.08. The molecule has 2 aromatic rings. The van der Waals surface area contributed by atoms with Crippen LogP contribution in [0.2, 0.25) is 0 Å². The molecule has 2 aromatic carbocycles. The number of halogens is 1. The van der Waals surface area contributed by atoms with Crippen molar-refractivity contribution >= 4 is 11.6 Å². The van der Waals surface area contributed by atoms with Gasteiger partial charge in [-0.15, -0.1) is 0 Å². The fraction of sp³-hybridized carbons (Fsp3) is 0.350. The molecule has 126 valence electrons. The minimum atomic E-state index is -0.239. The van der Waals surface area contributed by atoms with E-state index < -0.39 is 0 Å². The molecule has 1 N–H and O–H groups in total. The number of carbonyl (C=O) groups is 1. The number of anilines is 1. The number of nitrogens with zero attached hydrogens (tertiary/aromatic N) is 1. The number of hydrogen-bond acceptors (Lipinski definition) is 2. The highest BCUT2D eigenvalue weighted by Gasteiger charge is 2.24. The van der Waals surface area contributed by atoms with Crippen molar-refractivity contribution in [1.82, 2.24) is 5.32 Å². The largest absolute Gasteiger partial charge is 0.367 e. The molecule has 4 heteroatoms. The third kappa shape index (κ3) is 4.13. The summed E-state index contributed by atoms with van der Waals surface area (Å²) in [5.41, 5.74) is 1.81. The summed E-state index contributed by atoms with van der Waals surface area (Å²) in [7, 11) is 0. The van der Waals surface area contributed by atoms with Crippen LogP contribution in [-0.4, -0.2) is 25.0 Å². The lowest BCUT2D eigenvalue weighted by molar-refractivity contribution is -0.121. The molecule has 0 bridgehead atoms. The van der Waals surface area contributed by atoms with E-state index in [4.69, 9.17) is 0 Å². The summed E-state index contributed by atoms with van der Waals surface area (Å²) in [6, 6.07) is 17.3. The van der Waals surface area contributed by atoms with E-state index in [2.05, 4.69) is 22.3 Å². The summed E-state index contributed by atoms with van der Waals surface area (Å²) in [5, 5.41) is 3.01. The Balaban J connectivity index is 1.48. The molecular weight excluding hydrogens is 303 g/mol. The first-order chi connectivity index (χ1) is 11.7. The van der Waals surface area contributed by atoms with Crippen LogP contribution in [0, 0.1) is 5.82 Å². The number of carbonyl (C=O) groups excluding carboxylic acids is 1. The maximum absolute atomic E-state index is 13.6. The Morgan fingerprint density at radius 2 is 1.88 bits per heavy atom. The van der Waals surface area contributed by atoms with Crippen LogP contribution in [0.4, 0.5) is 10.1 Å². The molecule has 24 heavy (non-hydrogen) atoms. The second-order valence-corrected chi connectivity index (χ2v) is 6.22. The highest BCUT2D eigenvalue weighted by atomic mass is 19.1. The molecular formula is C20H23FN2O. The first-order valence-corrected chi connectivity index (χ1v) is 8.56. The number of amides is 1. The Bertz CT molecular complexity index is 674. The molecule has 0 spiro atoms. The molecule has 1 atom stereocenters. The Morgan fingerprint density at radius 3 is 2.67 bits per heavy atom. The topological polar surface area (TPSA) is 32.3 Å². The number of rotatable bonds is 6. The van der Waals surface area contributed by atoms with Crippen LogP contribution >= 0.6 is 0 Å². The molecule has 3 nitrogen and oxygen atoms in total. The number of aryl methyl sites for hydroxylation is 1. The quantitative estimate of drug-likeness (QED) is 0.880. The van der Waals surface area contributed by atoms with Crippen molar-refractivity contribution in [2.24, 2.45) is 0 Å². The minimum absolute atomic E-state index is 0.0156. The van der Waals surface area contributed by atoms with Gasteiger partial charge in [0.05, 0.1) is 0 Å². The SMILES string of the molecule is O=C(CCc1ccccc1F)NC[C@@H]1CCCN1c1ccccc1. The Labute approximate surface area is 142 Å². The van der Waals surface area contributed by atoms with Crippen molar-refractivity contribution in [2.45, 2.75) is 31.7 Å². The summed E-state index contributed by atoms with van der Waals surface area (Å²) in [6.45, 7) is 1.67. The zero-order chi connectivity index (χ0) is 16.8. The number of hydrogen-bond donors (Lipinski definition) is 1. The lowest BCUT2D eigenvalue weighted by atomic mass is 10.1. The average molecular weight is 326 g/mol. The van der Waals surface area contributed by atoms with Gasteiger partial charge < -0.3 is 10.2 Å². The van der Waals surface area contributed by atoms with Gasteiger partial charge in [0.25, 0.3) is 0 Å². The lowest BCUT2D eigenvalue weighted by Crippen LogP contribution is -2.40. The zero-order valence-electron chi connectivity index (χ0n) is 13.7. The molecule has 0 saturated carbocycles. The van der Waals surface area contributed by atoms with Crippen molar-refractivity contribution in [2.75, 3.05) is 18.0 Å². The van der Waals surface area contributed by atoms with Crippen molar-refractivity contribution in [3.8, 4) is 0 Å². The molecule has 1 saturated heterocycles. The highest BCUT2D eigenvalue weighted by Crippen LogP contribution is 2.24. The maximum atomic E-state index is 13.6. The van der Waals surface area contributed by atoms with E-state index in [1.54, 1.807) is 18.2 Å². The molecule has 1 heterocycles. The first kappa shape index (κ1) is 16.5. The van der Waals surface area contributed by atoms with E-state index in [-0.39, 0.29) is 11.7 Å². The summed E-state index contributed by atoms with van der Waals surface area (Å²) < 4.78 is 13.6. The maximum Gasteiger partial charge on any atom is 0.220 e. The fourth-order valence-corrected chi connectivity index (χ4v) is 3.28. The molecule has 0 radical (unpaired) electrons. The molecule has 0 aromatic heterocycles. The fourth-order valence-electron chi connectivity index (χ4n) is 3.28. The van der Waals surface area contributed by atoms with E-state index in [9.17, 15) is 9.18 Å². The van der Waals surface area contributed by atoms with Crippen molar-refractivity contribution in [3.05, 3.63) is 66.0 Å². The van der Waals surface area contributed by atoms with E-state index in [1.165, 1.54) is 11.8 Å². The normalized spacial score (nSPS) is 17.0. The summed E-state index contributed by atoms with van der Waals surface area (Å²) in [6.07, 6.45) is 2.98. The van der Waals surface area contributed by atoms with Crippen molar-refractivity contribution in [1.29, 1.82) is 0 Å². The summed E-state index contributed by atoms with van der Waals surface area (Å²) in [4.78, 5) is 14.4. The van der Waals surface area contributed by atoms with Gasteiger partial charge in [-0.1, -0.05) is 36.4 Å². The van der Waals surface area contributed by atoms with Gasteiger partial charge in [-0.2, -0.15) is 0 Å². The Morgan fingerprint density at radius 1 is 1.12 bits per heavy atom. The highest BCUT2D eigenvalue weighted by molar-refractivity contribution is 5.76. The van der Waals surface area contributed by atoms with Crippen LogP contribution in [-0.2, 0) is 11.2 Å². The van der Waals surface area contributed by atoms with Gasteiger partial charge in [0.15, 0.2) is 0 Å². The van der Waals surface area contributed by atoms with Gasteiger partial charge in [0.2, 0.25) is 5.91 Å². The van der Waals surface area contributed by atoms with Crippen LogP contribution in [0.5, 0.6) is 0 Å². The van der Waals surface area contributed by atoms with Crippen molar-refractivity contribution < 1.29 is 9.18 Å². The predicted molar refractivity (Wildman–Crippen MR) is 94.5 cm³/mol. The molecule has 1 amide bonds. The predicted octanol–water partition coefficient (Wildman–Crippen LogP) is 3.54. The molecule has 1 fully saturated rings. The van der Waals surface area contributed by atoms with Gasteiger partial charge >= 0.3 is 0 Å². The van der Waals surface area contributed by atoms with E-state index in [0.29, 0.717) is 31.0 Å². The van der Waals surface area contributed by atoms with Gasteiger partial charge in [0, 0.05) is 31.2 Å². The van der Waals surface area contributed by atoms with Gasteiger partial charge in [-0.25, -0.2) is 4.39 Å². The van der Waals surface area contributed by atoms with Gasteiger partial charge in [0.1, 0.15) is 5.82 Å². The van der Waals surface area contributed by atoms with E-state index in [0.717, 1.165) is 19.4 Å². The molecule has 0 aliphatic carbocycles. The second-order valence-electron chi connectivity index (χ2n) is 6.22. The molecule has 1 aliphatic rings. The third-order valence-corrected chi connectivity index (χ3v) is 4.58. The van der Waals surface area contributed by atoms with E-state index in [1.807, 2.05) is 18.2 Å². The number of nitrogens with one attached hydrogen (secondary N) is 1. The lowest BCUT2D eigenvalue weighted by Gasteiger charge is -2.27. The van der Waals surface area contributed by atoms with Crippen LogP contribution in [0.3, 0.4) is 0 Å². The van der Waals surface area contributed by atoms with Gasteiger partial charge in [-0.3, -0.25) is 4.79 Å². The third-order valence-electron chi connectivity index (χ3n) is 4.58. The monoisotopic (exact) mass is 326 g/mol. The van der Waals surface area contributed by atoms with Crippen LogP contribution < -0.4 is 10.2 Å². The van der Waals surface area contributed by atoms with E-state index >= 15 is 0 Å². The Kier molecular flexibility index (Phi) is 5.47. The van der Waals surface area contributed by atoms with Gasteiger partial charge in [-0.05, 0) is 43.0 Å². The Hall–Kier alpha value is -2.36. The van der Waals surface area contributed by atoms with Crippen LogP contribution in [0.25, 0.3) is 0 Å². The summed E-state index contributed by atoms with van der Waals surface area (Å²) in [5.74, 6) is -0.255.